The van der Waals surface area contributed by atoms with Crippen LogP contribution in [0.1, 0.15) is 22.3 Å². The number of carbonyl (C=O) groups is 1. The summed E-state index contributed by atoms with van der Waals surface area (Å²) in [6.07, 6.45) is 0. The number of amidine groups is 2. The van der Waals surface area contributed by atoms with Crippen molar-refractivity contribution in [2.24, 2.45) is 11.5 Å². The number of piperazine rings is 1. The number of carbonyl (C=O) groups excluding carboxylic acids is 1. The Morgan fingerprint density at radius 3 is 2.26 bits per heavy atom. The lowest BCUT2D eigenvalue weighted by atomic mass is 10.0. The van der Waals surface area contributed by atoms with Crippen molar-refractivity contribution >= 4 is 28.4 Å². The van der Waals surface area contributed by atoms with Gasteiger partial charge in [-0.15, -0.1) is 0 Å². The molecule has 1 saturated heterocycles. The van der Waals surface area contributed by atoms with Gasteiger partial charge in [-0.25, -0.2) is 0 Å². The molecule has 4 rings (SSSR count). The maximum Gasteiger partial charge on any atom is 0.237 e. The molecular weight excluding hydrogens is 388 g/mol. The van der Waals surface area contributed by atoms with Crippen molar-refractivity contribution in [1.29, 1.82) is 10.8 Å². The van der Waals surface area contributed by atoms with Gasteiger partial charge in [0.05, 0.1) is 6.54 Å². The van der Waals surface area contributed by atoms with Crippen molar-refractivity contribution in [3.63, 3.8) is 0 Å². The first-order chi connectivity index (χ1) is 14.9. The molecule has 1 aliphatic heterocycles. The molecule has 0 bridgehead atoms. The van der Waals surface area contributed by atoms with Crippen molar-refractivity contribution in [2.45, 2.75) is 13.1 Å². The van der Waals surface area contributed by atoms with E-state index in [1.165, 1.54) is 0 Å². The summed E-state index contributed by atoms with van der Waals surface area (Å²) in [5.41, 5.74) is 14.7. The Labute approximate surface area is 181 Å². The lowest BCUT2D eigenvalue weighted by Crippen LogP contribution is -2.49. The molecule has 0 saturated carbocycles. The van der Waals surface area contributed by atoms with E-state index in [4.69, 9.17) is 22.3 Å². The highest BCUT2D eigenvalue weighted by Crippen LogP contribution is 2.20. The molecular formula is C24H26N6O. The largest absolute Gasteiger partial charge is 0.384 e. The van der Waals surface area contributed by atoms with E-state index in [1.807, 2.05) is 41.3 Å². The van der Waals surface area contributed by atoms with Crippen LogP contribution < -0.4 is 11.5 Å². The molecule has 3 aromatic carbocycles. The van der Waals surface area contributed by atoms with Gasteiger partial charge in [-0.3, -0.25) is 20.5 Å². The zero-order valence-electron chi connectivity index (χ0n) is 17.3. The summed E-state index contributed by atoms with van der Waals surface area (Å²) in [6.45, 7) is 3.05. The third-order valence-electron chi connectivity index (χ3n) is 5.63. The van der Waals surface area contributed by atoms with Crippen LogP contribution in [0, 0.1) is 10.8 Å². The molecule has 3 aromatic rings. The average Bonchev–Trinajstić information content (AvgIpc) is 2.75. The number of hydrogen-bond acceptors (Lipinski definition) is 4. The summed E-state index contributed by atoms with van der Waals surface area (Å²) in [5, 5.41) is 17.4. The Morgan fingerprint density at radius 2 is 1.52 bits per heavy atom. The third kappa shape index (κ3) is 4.73. The minimum Gasteiger partial charge on any atom is -0.384 e. The van der Waals surface area contributed by atoms with E-state index >= 15 is 0 Å². The van der Waals surface area contributed by atoms with Crippen molar-refractivity contribution < 1.29 is 4.79 Å². The van der Waals surface area contributed by atoms with E-state index in [-0.39, 0.29) is 17.6 Å². The highest BCUT2D eigenvalue weighted by atomic mass is 16.2. The van der Waals surface area contributed by atoms with Crippen LogP contribution in [0.2, 0.25) is 0 Å². The minimum atomic E-state index is 0.0313. The molecule has 1 aliphatic rings. The summed E-state index contributed by atoms with van der Waals surface area (Å²) < 4.78 is 0. The number of nitrogens with zero attached hydrogens (tertiary/aromatic N) is 2. The SMILES string of the molecule is N=C(N)c1cccc(CN2CCN(Cc3ccc4ccc(C(=N)N)cc4c3)CC2=O)c1. The molecule has 7 heteroatoms. The van der Waals surface area contributed by atoms with E-state index < -0.39 is 0 Å². The quantitative estimate of drug-likeness (QED) is 0.365. The maximum atomic E-state index is 12.7. The molecule has 6 N–H and O–H groups in total. The molecule has 7 nitrogen and oxygen atoms in total. The molecule has 31 heavy (non-hydrogen) atoms. The van der Waals surface area contributed by atoms with Gasteiger partial charge in [-0.1, -0.05) is 42.5 Å². The van der Waals surface area contributed by atoms with Crippen molar-refractivity contribution in [3.8, 4) is 0 Å². The smallest absolute Gasteiger partial charge is 0.237 e. The van der Waals surface area contributed by atoms with Gasteiger partial charge in [0, 0.05) is 37.3 Å². The Balaban J connectivity index is 1.41. The molecule has 0 atom stereocenters. The minimum absolute atomic E-state index is 0.0313. The lowest BCUT2D eigenvalue weighted by molar-refractivity contribution is -0.136. The molecule has 0 unspecified atom stereocenters. The van der Waals surface area contributed by atoms with E-state index in [1.54, 1.807) is 6.07 Å². The predicted octanol–water partition coefficient (Wildman–Crippen LogP) is 2.25. The Bertz CT molecular complexity index is 1170. The van der Waals surface area contributed by atoms with Crippen molar-refractivity contribution in [1.82, 2.24) is 9.80 Å². The van der Waals surface area contributed by atoms with Crippen molar-refractivity contribution in [3.05, 3.63) is 82.9 Å². The first-order valence-electron chi connectivity index (χ1n) is 10.2. The summed E-state index contributed by atoms with van der Waals surface area (Å²) in [6, 6.07) is 19.5. The van der Waals surface area contributed by atoms with E-state index in [0.29, 0.717) is 37.3 Å². The van der Waals surface area contributed by atoms with E-state index in [0.717, 1.165) is 28.4 Å². The van der Waals surface area contributed by atoms with Crippen LogP contribution in [-0.2, 0) is 17.9 Å². The average molecular weight is 415 g/mol. The number of benzene rings is 3. The normalized spacial score (nSPS) is 14.7. The molecule has 1 amide bonds. The highest BCUT2D eigenvalue weighted by molar-refractivity contribution is 5.99. The van der Waals surface area contributed by atoms with E-state index in [2.05, 4.69) is 23.1 Å². The monoisotopic (exact) mass is 414 g/mol. The first kappa shape index (κ1) is 20.6. The van der Waals surface area contributed by atoms with Gasteiger partial charge in [0.15, 0.2) is 0 Å². The molecule has 1 heterocycles. The first-order valence-corrected chi connectivity index (χ1v) is 10.2. The second-order valence-corrected chi connectivity index (χ2v) is 7.95. The van der Waals surface area contributed by atoms with Gasteiger partial charge in [0.1, 0.15) is 11.7 Å². The van der Waals surface area contributed by atoms with Gasteiger partial charge in [0.2, 0.25) is 5.91 Å². The van der Waals surface area contributed by atoms with Crippen LogP contribution in [0.15, 0.2) is 60.7 Å². The van der Waals surface area contributed by atoms with Crippen LogP contribution in [0.5, 0.6) is 0 Å². The highest BCUT2D eigenvalue weighted by Gasteiger charge is 2.24. The van der Waals surface area contributed by atoms with Gasteiger partial charge in [-0.2, -0.15) is 0 Å². The Hall–Kier alpha value is -3.71. The maximum absolute atomic E-state index is 12.7. The van der Waals surface area contributed by atoms with Crippen LogP contribution in [0.3, 0.4) is 0 Å². The van der Waals surface area contributed by atoms with Crippen LogP contribution >= 0.6 is 0 Å². The van der Waals surface area contributed by atoms with Gasteiger partial charge in [-0.05, 0) is 40.1 Å². The molecule has 0 aliphatic carbocycles. The number of rotatable bonds is 6. The Morgan fingerprint density at radius 1 is 0.806 bits per heavy atom. The second-order valence-electron chi connectivity index (χ2n) is 7.95. The number of fused-ring (bicyclic) bond motifs is 1. The van der Waals surface area contributed by atoms with Crippen LogP contribution in [0.25, 0.3) is 10.8 Å². The standard InChI is InChI=1S/C24H26N6O/c25-23(26)19-3-1-2-16(10-19)14-30-9-8-29(15-22(30)31)13-17-4-5-18-6-7-20(24(27)28)12-21(18)11-17/h1-7,10-12H,8-9,13-15H2,(H3,25,26)(H3,27,28). The molecule has 0 aromatic heterocycles. The van der Waals surface area contributed by atoms with Gasteiger partial charge >= 0.3 is 0 Å². The number of nitrogens with two attached hydrogens (primary N) is 2. The Kier molecular flexibility index (Phi) is 5.68. The molecule has 1 fully saturated rings. The number of hydrogen-bond donors (Lipinski definition) is 4. The third-order valence-corrected chi connectivity index (χ3v) is 5.63. The lowest BCUT2D eigenvalue weighted by Gasteiger charge is -2.34. The second kappa shape index (κ2) is 8.57. The summed E-state index contributed by atoms with van der Waals surface area (Å²) in [7, 11) is 0. The fraction of sp³-hybridized carbons (Fsp3) is 0.208. The molecule has 0 radical (unpaired) electrons. The molecule has 158 valence electrons. The van der Waals surface area contributed by atoms with Crippen LogP contribution in [0.4, 0.5) is 0 Å². The number of amides is 1. The fourth-order valence-electron chi connectivity index (χ4n) is 3.94. The van der Waals surface area contributed by atoms with E-state index in [9.17, 15) is 4.79 Å². The fourth-order valence-corrected chi connectivity index (χ4v) is 3.94. The summed E-state index contributed by atoms with van der Waals surface area (Å²) in [5.74, 6) is 0.186. The van der Waals surface area contributed by atoms with Gasteiger partial charge in [0.25, 0.3) is 0 Å². The summed E-state index contributed by atoms with van der Waals surface area (Å²) in [4.78, 5) is 16.7. The number of nitrogen functional groups attached to an aromatic ring is 2. The molecule has 0 spiro atoms. The number of nitrogens with one attached hydrogen (secondary N) is 2. The zero-order chi connectivity index (χ0) is 22.0. The topological polar surface area (TPSA) is 123 Å². The van der Waals surface area contributed by atoms with Crippen molar-refractivity contribution in [2.75, 3.05) is 19.6 Å². The van der Waals surface area contributed by atoms with Gasteiger partial charge < -0.3 is 16.4 Å². The summed E-state index contributed by atoms with van der Waals surface area (Å²) >= 11 is 0. The predicted molar refractivity (Wildman–Crippen MR) is 123 cm³/mol. The van der Waals surface area contributed by atoms with Crippen LogP contribution in [-0.4, -0.2) is 47.0 Å². The zero-order valence-corrected chi connectivity index (χ0v) is 17.3.